The highest BCUT2D eigenvalue weighted by Crippen LogP contribution is 2.60. The minimum atomic E-state index is -0.355. The van der Waals surface area contributed by atoms with Crippen molar-refractivity contribution in [2.75, 3.05) is 20.3 Å². The van der Waals surface area contributed by atoms with Gasteiger partial charge < -0.3 is 14.4 Å². The normalized spacial score (nSPS) is 20.3. The van der Waals surface area contributed by atoms with Crippen LogP contribution in [-0.4, -0.2) is 52.9 Å². The number of hydrogen-bond donors (Lipinski definition) is 0. The molecule has 3 aliphatic rings. The van der Waals surface area contributed by atoms with Gasteiger partial charge in [0.1, 0.15) is 23.9 Å². The molecule has 7 rings (SSSR count). The Hall–Kier alpha value is -4.69. The molecule has 1 aromatic heterocycles. The van der Waals surface area contributed by atoms with E-state index < -0.39 is 0 Å². The van der Waals surface area contributed by atoms with Crippen molar-refractivity contribution in [3.8, 4) is 17.2 Å². The zero-order valence-corrected chi connectivity index (χ0v) is 27.3. The Morgan fingerprint density at radius 3 is 2.67 bits per heavy atom. The van der Waals surface area contributed by atoms with E-state index in [1.807, 2.05) is 73.5 Å². The number of aromatic nitrogens is 2. The third-order valence-electron chi connectivity index (χ3n) is 9.58. The van der Waals surface area contributed by atoms with Gasteiger partial charge in [-0.3, -0.25) is 19.1 Å². The van der Waals surface area contributed by atoms with E-state index in [4.69, 9.17) is 31.1 Å². The predicted octanol–water partition coefficient (Wildman–Crippen LogP) is 7.58. The number of hydrogen-bond acceptors (Lipinski definition) is 6. The summed E-state index contributed by atoms with van der Waals surface area (Å²) in [4.78, 5) is 38.5. The summed E-state index contributed by atoms with van der Waals surface area (Å²) in [5.74, 6) is 1.79. The molecule has 2 atom stereocenters. The largest absolute Gasteiger partial charge is 0.496 e. The fraction of sp³-hybridized carbons (Fsp3) is 0.297. The zero-order chi connectivity index (χ0) is 32.3. The number of carbonyl (C=O) groups is 1. The topological polar surface area (TPSA) is 86.0 Å². The van der Waals surface area contributed by atoms with E-state index in [-0.39, 0.29) is 22.9 Å². The number of allylic oxidation sites excluding steroid dienone is 1. The fourth-order valence-corrected chi connectivity index (χ4v) is 7.10. The van der Waals surface area contributed by atoms with Gasteiger partial charge in [0, 0.05) is 28.8 Å². The number of aliphatic imine (C=N–C) groups is 1. The summed E-state index contributed by atoms with van der Waals surface area (Å²) in [7, 11) is 1.63. The summed E-state index contributed by atoms with van der Waals surface area (Å²) in [6.45, 7) is 9.08. The highest BCUT2D eigenvalue weighted by atomic mass is 35.5. The van der Waals surface area contributed by atoms with Crippen molar-refractivity contribution in [1.29, 1.82) is 0 Å². The number of methoxy groups -OCH3 is 1. The number of ether oxygens (including phenoxy) is 2. The number of aryl methyl sites for hydroxylation is 1. The molecule has 1 saturated heterocycles. The lowest BCUT2D eigenvalue weighted by molar-refractivity contribution is 0.0774. The number of rotatable bonds is 7. The first-order valence-corrected chi connectivity index (χ1v) is 15.9. The summed E-state index contributed by atoms with van der Waals surface area (Å²) >= 11 is 6.51. The minimum Gasteiger partial charge on any atom is -0.496 e. The molecule has 4 aromatic rings. The molecule has 0 N–H and O–H groups in total. The van der Waals surface area contributed by atoms with Gasteiger partial charge in [0.15, 0.2) is 0 Å². The smallest absolute Gasteiger partial charge is 0.266 e. The molecular weight excluding hydrogens is 600 g/mol. The van der Waals surface area contributed by atoms with E-state index in [9.17, 15) is 9.59 Å². The lowest BCUT2D eigenvalue weighted by Crippen LogP contribution is -2.35. The van der Waals surface area contributed by atoms with Crippen LogP contribution < -0.4 is 15.0 Å². The van der Waals surface area contributed by atoms with Crippen LogP contribution in [-0.2, 0) is 0 Å². The Morgan fingerprint density at radius 1 is 1.09 bits per heavy atom. The second-order valence-electron chi connectivity index (χ2n) is 12.4. The average molecular weight is 635 g/mol. The molecule has 1 fully saturated rings. The second-order valence-corrected chi connectivity index (χ2v) is 12.8. The molecule has 0 radical (unpaired) electrons. The molecular formula is C37H35ClN4O4. The van der Waals surface area contributed by atoms with Gasteiger partial charge in [0.25, 0.3) is 11.5 Å². The van der Waals surface area contributed by atoms with E-state index >= 15 is 0 Å². The number of nitrogens with zero attached hydrogens (tertiary/aromatic N) is 4. The van der Waals surface area contributed by atoms with Crippen molar-refractivity contribution < 1.29 is 14.3 Å². The van der Waals surface area contributed by atoms with Gasteiger partial charge in [-0.25, -0.2) is 4.98 Å². The first-order chi connectivity index (χ1) is 22.1. The van der Waals surface area contributed by atoms with E-state index in [0.29, 0.717) is 56.8 Å². The first kappa shape index (κ1) is 30.0. The van der Waals surface area contributed by atoms with Gasteiger partial charge in [-0.1, -0.05) is 35.4 Å². The molecule has 0 saturated carbocycles. The van der Waals surface area contributed by atoms with E-state index in [0.717, 1.165) is 36.1 Å². The minimum absolute atomic E-state index is 0.00116. The molecule has 3 aromatic carbocycles. The molecule has 1 amide bonds. The highest BCUT2D eigenvalue weighted by molar-refractivity contribution is 6.32. The number of benzene rings is 3. The van der Waals surface area contributed by atoms with Crippen LogP contribution >= 0.6 is 11.6 Å². The average Bonchev–Trinajstić information content (AvgIpc) is 3.35. The molecule has 0 bridgehead atoms. The fourth-order valence-electron chi connectivity index (χ4n) is 6.86. The Labute approximate surface area is 272 Å². The van der Waals surface area contributed by atoms with E-state index in [1.54, 1.807) is 23.8 Å². The van der Waals surface area contributed by atoms with Crippen LogP contribution in [0.5, 0.6) is 11.5 Å². The monoisotopic (exact) mass is 634 g/mol. The van der Waals surface area contributed by atoms with Crippen molar-refractivity contribution in [2.24, 2.45) is 10.4 Å². The van der Waals surface area contributed by atoms with Crippen LogP contribution in [0.1, 0.15) is 60.9 Å². The summed E-state index contributed by atoms with van der Waals surface area (Å²) in [5, 5.41) is 1.01. The number of halogens is 1. The maximum absolute atomic E-state index is 13.8. The zero-order valence-electron chi connectivity index (χ0n) is 26.6. The third-order valence-corrected chi connectivity index (χ3v) is 9.91. The molecule has 234 valence electrons. The number of fused-ring (bicyclic) bond motifs is 3. The Bertz CT molecular complexity index is 2100. The van der Waals surface area contributed by atoms with Crippen LogP contribution in [0.3, 0.4) is 0 Å². The van der Waals surface area contributed by atoms with Crippen molar-refractivity contribution >= 4 is 52.0 Å². The van der Waals surface area contributed by atoms with Gasteiger partial charge >= 0.3 is 0 Å². The van der Waals surface area contributed by atoms with Crippen LogP contribution in [0.15, 0.2) is 70.0 Å². The third kappa shape index (κ3) is 4.83. The van der Waals surface area contributed by atoms with E-state index in [2.05, 4.69) is 13.8 Å². The van der Waals surface area contributed by atoms with Crippen molar-refractivity contribution in [3.05, 3.63) is 98.1 Å². The predicted molar refractivity (Wildman–Crippen MR) is 183 cm³/mol. The molecule has 46 heavy (non-hydrogen) atoms. The molecule has 2 unspecified atom stereocenters. The first-order valence-electron chi connectivity index (χ1n) is 15.5. The molecule has 1 aliphatic carbocycles. The van der Waals surface area contributed by atoms with Gasteiger partial charge in [0.2, 0.25) is 0 Å². The van der Waals surface area contributed by atoms with Crippen LogP contribution in [0.2, 0.25) is 5.02 Å². The summed E-state index contributed by atoms with van der Waals surface area (Å²) in [5.41, 5.74) is 6.01. The number of amides is 1. The SMILES string of the molecule is CC=Cc1ccc(-n2c(C)nc3ccc(OCC4(C)C(C)=C4c4cc5c(cc4OC)C(=O)N4CCCC4C=N5)cc3c2=O)cc1Cl. The standard InChI is InChI=1S/C37H35ClN4O4/c1-6-8-23-10-11-24(15-30(23)38)42-22(3)40-31-13-12-26(16-27(31)36(42)44)46-20-37(4)21(2)34(37)29-17-32-28(18-33(29)45-5)35(43)41-14-7-9-25(41)19-39-32/h6,8,10-13,15-19,25H,7,9,14,20H2,1-5H3. The summed E-state index contributed by atoms with van der Waals surface area (Å²) in [6, 6.07) is 14.8. The molecule has 2 aliphatic heterocycles. The van der Waals surface area contributed by atoms with E-state index in [1.165, 1.54) is 5.57 Å². The lowest BCUT2D eigenvalue weighted by atomic mass is 9.96. The van der Waals surface area contributed by atoms with Crippen LogP contribution in [0, 0.1) is 12.3 Å². The van der Waals surface area contributed by atoms with Crippen molar-refractivity contribution in [1.82, 2.24) is 14.5 Å². The Morgan fingerprint density at radius 2 is 1.91 bits per heavy atom. The molecule has 0 spiro atoms. The maximum atomic E-state index is 13.8. The van der Waals surface area contributed by atoms with Crippen molar-refractivity contribution in [3.63, 3.8) is 0 Å². The molecule has 8 nitrogen and oxygen atoms in total. The second kappa shape index (κ2) is 11.3. The molecule has 3 heterocycles. The van der Waals surface area contributed by atoms with Gasteiger partial charge in [-0.2, -0.15) is 0 Å². The van der Waals surface area contributed by atoms with Crippen LogP contribution in [0.25, 0.3) is 28.2 Å². The molecule has 9 heteroatoms. The number of carbonyl (C=O) groups excluding carboxylic acids is 1. The summed E-state index contributed by atoms with van der Waals surface area (Å²) in [6.07, 6.45) is 7.67. The van der Waals surface area contributed by atoms with Gasteiger partial charge in [0.05, 0.1) is 41.0 Å². The maximum Gasteiger partial charge on any atom is 0.266 e. The Kier molecular flexibility index (Phi) is 7.35. The lowest BCUT2D eigenvalue weighted by Gasteiger charge is -2.21. The van der Waals surface area contributed by atoms with Crippen molar-refractivity contribution in [2.45, 2.75) is 46.6 Å². The Balaban J connectivity index is 1.16. The van der Waals surface area contributed by atoms with Gasteiger partial charge in [-0.05, 0) is 94.1 Å². The quantitative estimate of drug-likeness (QED) is 0.209. The van der Waals surface area contributed by atoms with Crippen LogP contribution in [0.4, 0.5) is 5.69 Å². The summed E-state index contributed by atoms with van der Waals surface area (Å²) < 4.78 is 13.7. The van der Waals surface area contributed by atoms with Gasteiger partial charge in [-0.15, -0.1) is 0 Å². The highest BCUT2D eigenvalue weighted by Gasteiger charge is 2.49.